The minimum absolute atomic E-state index is 0.960. The van der Waals surface area contributed by atoms with Crippen molar-refractivity contribution in [1.82, 2.24) is 0 Å². The Balaban J connectivity index is 1.77. The number of hydrogen-bond acceptors (Lipinski definition) is 0. The van der Waals surface area contributed by atoms with Gasteiger partial charge in [0.1, 0.15) is 0 Å². The molecule has 2 fully saturated rings. The van der Waals surface area contributed by atoms with E-state index >= 15 is 0 Å². The SMILES string of the molecule is C1=CCC2C(C1)C1CCC3C=CCC1C32. The molecule has 0 heterocycles. The van der Waals surface area contributed by atoms with E-state index in [0.29, 0.717) is 0 Å². The first-order chi connectivity index (χ1) is 7.45. The lowest BCUT2D eigenvalue weighted by molar-refractivity contribution is 0.150. The molecule has 15 heavy (non-hydrogen) atoms. The first kappa shape index (κ1) is 8.61. The van der Waals surface area contributed by atoms with Gasteiger partial charge in [0.05, 0.1) is 0 Å². The van der Waals surface area contributed by atoms with Crippen molar-refractivity contribution in [3.63, 3.8) is 0 Å². The second-order valence-corrected chi connectivity index (χ2v) is 6.08. The number of hydrogen-bond donors (Lipinski definition) is 0. The maximum Gasteiger partial charge on any atom is -0.0199 e. The van der Waals surface area contributed by atoms with E-state index in [1.807, 2.05) is 0 Å². The minimum atomic E-state index is 0.960. The molecule has 4 aliphatic rings. The smallest absolute Gasteiger partial charge is 0.0199 e. The van der Waals surface area contributed by atoms with Gasteiger partial charge in [-0.25, -0.2) is 0 Å². The summed E-state index contributed by atoms with van der Waals surface area (Å²) >= 11 is 0. The van der Waals surface area contributed by atoms with Gasteiger partial charge in [-0.05, 0) is 67.6 Å². The highest BCUT2D eigenvalue weighted by Crippen LogP contribution is 2.61. The Labute approximate surface area is 92.4 Å². The molecule has 4 rings (SSSR count). The van der Waals surface area contributed by atoms with Crippen LogP contribution in [0.25, 0.3) is 0 Å². The summed E-state index contributed by atoms with van der Waals surface area (Å²) in [6.45, 7) is 0. The van der Waals surface area contributed by atoms with E-state index in [2.05, 4.69) is 24.3 Å². The Morgan fingerprint density at radius 1 is 0.667 bits per heavy atom. The predicted molar refractivity (Wildman–Crippen MR) is 62.3 cm³/mol. The molecule has 0 spiro atoms. The van der Waals surface area contributed by atoms with Gasteiger partial charge in [-0.15, -0.1) is 0 Å². The van der Waals surface area contributed by atoms with Crippen LogP contribution in [0, 0.1) is 35.5 Å². The maximum atomic E-state index is 2.55. The van der Waals surface area contributed by atoms with Gasteiger partial charge in [-0.1, -0.05) is 24.3 Å². The van der Waals surface area contributed by atoms with Crippen molar-refractivity contribution < 1.29 is 0 Å². The van der Waals surface area contributed by atoms with E-state index in [1.165, 1.54) is 32.1 Å². The summed E-state index contributed by atoms with van der Waals surface area (Å²) in [5, 5.41) is 0. The Morgan fingerprint density at radius 2 is 1.40 bits per heavy atom. The minimum Gasteiger partial charge on any atom is -0.0882 e. The molecule has 6 atom stereocenters. The molecule has 2 saturated carbocycles. The van der Waals surface area contributed by atoms with E-state index in [1.54, 1.807) is 0 Å². The second-order valence-electron chi connectivity index (χ2n) is 6.08. The van der Waals surface area contributed by atoms with Crippen LogP contribution in [0.3, 0.4) is 0 Å². The lowest BCUT2D eigenvalue weighted by Crippen LogP contribution is -2.31. The molecule has 0 nitrogen and oxygen atoms in total. The molecule has 6 unspecified atom stereocenters. The highest BCUT2D eigenvalue weighted by atomic mass is 14.6. The Kier molecular flexibility index (Phi) is 1.72. The zero-order chi connectivity index (χ0) is 9.83. The van der Waals surface area contributed by atoms with E-state index in [-0.39, 0.29) is 0 Å². The molecule has 0 aromatic rings. The molecule has 0 N–H and O–H groups in total. The van der Waals surface area contributed by atoms with Gasteiger partial charge in [0.25, 0.3) is 0 Å². The van der Waals surface area contributed by atoms with Crippen molar-refractivity contribution in [1.29, 1.82) is 0 Å². The monoisotopic (exact) mass is 200 g/mol. The topological polar surface area (TPSA) is 0 Å². The fourth-order valence-electron chi connectivity index (χ4n) is 5.32. The first-order valence-corrected chi connectivity index (χ1v) is 6.77. The lowest BCUT2D eigenvalue weighted by atomic mass is 9.66. The summed E-state index contributed by atoms with van der Waals surface area (Å²) in [7, 11) is 0. The van der Waals surface area contributed by atoms with Crippen LogP contribution in [0.4, 0.5) is 0 Å². The van der Waals surface area contributed by atoms with Crippen LogP contribution in [-0.2, 0) is 0 Å². The summed E-state index contributed by atoms with van der Waals surface area (Å²) in [6.07, 6.45) is 17.2. The molecule has 0 aromatic heterocycles. The van der Waals surface area contributed by atoms with Crippen LogP contribution < -0.4 is 0 Å². The highest BCUT2D eigenvalue weighted by molar-refractivity contribution is 5.15. The van der Waals surface area contributed by atoms with E-state index in [9.17, 15) is 0 Å². The molecule has 4 bridgehead atoms. The molecule has 0 radical (unpaired) electrons. The average molecular weight is 200 g/mol. The summed E-state index contributed by atoms with van der Waals surface area (Å²) < 4.78 is 0. The third-order valence-electron chi connectivity index (χ3n) is 5.74. The van der Waals surface area contributed by atoms with Gasteiger partial charge in [0.2, 0.25) is 0 Å². The Bertz CT molecular complexity index is 323. The molecule has 0 saturated heterocycles. The standard InChI is InChI=1S/C15H20/c1-2-6-13-11(5-1)12-9-8-10-4-3-7-14(12)15(10)13/h1-4,10-15H,5-9H2. The fraction of sp³-hybridized carbons (Fsp3) is 0.733. The van der Waals surface area contributed by atoms with Crippen LogP contribution >= 0.6 is 0 Å². The van der Waals surface area contributed by atoms with E-state index < -0.39 is 0 Å². The molecule has 0 amide bonds. The van der Waals surface area contributed by atoms with Crippen molar-refractivity contribution in [3.05, 3.63) is 24.3 Å². The van der Waals surface area contributed by atoms with Gasteiger partial charge < -0.3 is 0 Å². The third kappa shape index (κ3) is 1.03. The van der Waals surface area contributed by atoms with Crippen molar-refractivity contribution in [2.24, 2.45) is 35.5 Å². The molecular weight excluding hydrogens is 180 g/mol. The highest BCUT2D eigenvalue weighted by Gasteiger charge is 2.54. The van der Waals surface area contributed by atoms with Gasteiger partial charge in [0, 0.05) is 0 Å². The summed E-state index contributed by atoms with van der Waals surface area (Å²) in [5.41, 5.74) is 0. The predicted octanol–water partition coefficient (Wildman–Crippen LogP) is 3.80. The van der Waals surface area contributed by atoms with Crippen LogP contribution in [0.2, 0.25) is 0 Å². The van der Waals surface area contributed by atoms with Crippen LogP contribution in [0.5, 0.6) is 0 Å². The van der Waals surface area contributed by atoms with Crippen molar-refractivity contribution >= 4 is 0 Å². The van der Waals surface area contributed by atoms with Crippen LogP contribution in [0.1, 0.15) is 32.1 Å². The molecule has 80 valence electrons. The van der Waals surface area contributed by atoms with Crippen molar-refractivity contribution in [3.8, 4) is 0 Å². The molecule has 4 aliphatic carbocycles. The zero-order valence-electron chi connectivity index (χ0n) is 9.31. The van der Waals surface area contributed by atoms with Gasteiger partial charge in [-0.3, -0.25) is 0 Å². The lowest BCUT2D eigenvalue weighted by Gasteiger charge is -2.39. The Morgan fingerprint density at radius 3 is 2.33 bits per heavy atom. The number of rotatable bonds is 0. The molecule has 0 heteroatoms. The van der Waals surface area contributed by atoms with E-state index in [0.717, 1.165) is 35.5 Å². The second kappa shape index (κ2) is 2.99. The first-order valence-electron chi connectivity index (χ1n) is 6.77. The summed E-state index contributed by atoms with van der Waals surface area (Å²) in [5.74, 6) is 6.32. The molecule has 0 aliphatic heterocycles. The number of fused-ring (bicyclic) bond motifs is 2. The van der Waals surface area contributed by atoms with Gasteiger partial charge in [-0.2, -0.15) is 0 Å². The molecule has 0 aromatic carbocycles. The van der Waals surface area contributed by atoms with E-state index in [4.69, 9.17) is 0 Å². The summed E-state index contributed by atoms with van der Waals surface area (Å²) in [4.78, 5) is 0. The normalized spacial score (nSPS) is 55.5. The van der Waals surface area contributed by atoms with Crippen molar-refractivity contribution in [2.75, 3.05) is 0 Å². The zero-order valence-corrected chi connectivity index (χ0v) is 9.31. The largest absolute Gasteiger partial charge is 0.0882 e. The quantitative estimate of drug-likeness (QED) is 0.522. The molecular formula is C15H20. The number of allylic oxidation sites excluding steroid dienone is 4. The van der Waals surface area contributed by atoms with Gasteiger partial charge in [0.15, 0.2) is 0 Å². The third-order valence-corrected chi connectivity index (χ3v) is 5.74. The fourth-order valence-corrected chi connectivity index (χ4v) is 5.32. The average Bonchev–Trinajstić information content (AvgIpc) is 2.49. The van der Waals surface area contributed by atoms with Crippen LogP contribution in [0.15, 0.2) is 24.3 Å². The maximum absolute atomic E-state index is 2.55. The summed E-state index contributed by atoms with van der Waals surface area (Å²) in [6, 6.07) is 0. The van der Waals surface area contributed by atoms with Crippen molar-refractivity contribution in [2.45, 2.75) is 32.1 Å². The van der Waals surface area contributed by atoms with Crippen LogP contribution in [-0.4, -0.2) is 0 Å². The van der Waals surface area contributed by atoms with Gasteiger partial charge >= 0.3 is 0 Å². The Hall–Kier alpha value is -0.520.